The number of aliphatic hydroxyl groups excluding tert-OH is 2. The summed E-state index contributed by atoms with van der Waals surface area (Å²) in [6.45, 7) is 1.51. The standard InChI is InChI=1S/C7H13O6P/c1-4-7(9)6(8)2-5(13-4)3-14(10,11)12/h2,4,6-9H,3H2,1H3,(H2,10,11,12)/t4-,6-,7+/m0/s1. The van der Waals surface area contributed by atoms with Crippen LogP contribution in [0.1, 0.15) is 6.92 Å². The summed E-state index contributed by atoms with van der Waals surface area (Å²) < 4.78 is 15.6. The van der Waals surface area contributed by atoms with Crippen LogP contribution in [-0.2, 0) is 9.30 Å². The highest BCUT2D eigenvalue weighted by atomic mass is 31.2. The molecule has 0 saturated heterocycles. The zero-order chi connectivity index (χ0) is 10.9. The molecule has 0 fully saturated rings. The van der Waals surface area contributed by atoms with Gasteiger partial charge in [0.05, 0.1) is 0 Å². The van der Waals surface area contributed by atoms with Crippen molar-refractivity contribution >= 4 is 7.60 Å². The molecule has 3 atom stereocenters. The predicted molar refractivity (Wildman–Crippen MR) is 47.6 cm³/mol. The van der Waals surface area contributed by atoms with Crippen molar-refractivity contribution in [2.24, 2.45) is 0 Å². The predicted octanol–water partition coefficient (Wildman–Crippen LogP) is -0.812. The van der Waals surface area contributed by atoms with Gasteiger partial charge in [-0.15, -0.1) is 0 Å². The maximum absolute atomic E-state index is 10.6. The van der Waals surface area contributed by atoms with Gasteiger partial charge in [-0.3, -0.25) is 4.57 Å². The highest BCUT2D eigenvalue weighted by Crippen LogP contribution is 2.38. The lowest BCUT2D eigenvalue weighted by atomic mass is 10.1. The summed E-state index contributed by atoms with van der Waals surface area (Å²) in [5.74, 6) is 0.0173. The third-order valence-electron chi connectivity index (χ3n) is 1.89. The summed E-state index contributed by atoms with van der Waals surface area (Å²) in [7, 11) is -4.19. The minimum atomic E-state index is -4.19. The molecule has 0 bridgehead atoms. The molecule has 6 nitrogen and oxygen atoms in total. The van der Waals surface area contributed by atoms with Crippen molar-refractivity contribution in [1.29, 1.82) is 0 Å². The van der Waals surface area contributed by atoms with E-state index in [1.807, 2.05) is 0 Å². The molecular weight excluding hydrogens is 211 g/mol. The average Bonchev–Trinajstić information content (AvgIpc) is 1.96. The van der Waals surface area contributed by atoms with Crippen LogP contribution in [0.2, 0.25) is 0 Å². The van der Waals surface area contributed by atoms with E-state index < -0.39 is 32.1 Å². The van der Waals surface area contributed by atoms with E-state index in [0.29, 0.717) is 0 Å². The molecular formula is C7H13O6P. The first-order valence-corrected chi connectivity index (χ1v) is 5.87. The van der Waals surface area contributed by atoms with Gasteiger partial charge in [-0.05, 0) is 13.0 Å². The molecule has 0 aromatic heterocycles. The summed E-state index contributed by atoms with van der Waals surface area (Å²) in [6, 6.07) is 0. The largest absolute Gasteiger partial charge is 0.492 e. The fourth-order valence-corrected chi connectivity index (χ4v) is 1.79. The zero-order valence-electron chi connectivity index (χ0n) is 7.57. The van der Waals surface area contributed by atoms with Crippen molar-refractivity contribution in [1.82, 2.24) is 0 Å². The molecule has 0 saturated carbocycles. The van der Waals surface area contributed by atoms with Crippen molar-refractivity contribution in [3.05, 3.63) is 11.8 Å². The average molecular weight is 224 g/mol. The van der Waals surface area contributed by atoms with Crippen molar-refractivity contribution < 1.29 is 29.3 Å². The van der Waals surface area contributed by atoms with Crippen molar-refractivity contribution in [3.63, 3.8) is 0 Å². The SMILES string of the molecule is C[C@@H]1OC(CP(=O)(O)O)=C[C@H](O)[C@@H]1O. The summed E-state index contributed by atoms with van der Waals surface area (Å²) in [6.07, 6.45) is -2.31. The van der Waals surface area contributed by atoms with Gasteiger partial charge in [-0.1, -0.05) is 0 Å². The molecule has 7 heteroatoms. The van der Waals surface area contributed by atoms with Gasteiger partial charge in [0.15, 0.2) is 0 Å². The molecule has 14 heavy (non-hydrogen) atoms. The normalized spacial score (nSPS) is 33.5. The summed E-state index contributed by atoms with van der Waals surface area (Å²) in [5, 5.41) is 18.5. The highest BCUT2D eigenvalue weighted by molar-refractivity contribution is 7.52. The second kappa shape index (κ2) is 4.00. The van der Waals surface area contributed by atoms with E-state index in [1.54, 1.807) is 0 Å². The number of hydrogen-bond acceptors (Lipinski definition) is 4. The fourth-order valence-electron chi connectivity index (χ4n) is 1.21. The van der Waals surface area contributed by atoms with Gasteiger partial charge < -0.3 is 24.7 Å². The molecule has 0 aromatic rings. The summed E-state index contributed by atoms with van der Waals surface area (Å²) in [5.41, 5.74) is 0. The number of rotatable bonds is 2. The lowest BCUT2D eigenvalue weighted by Crippen LogP contribution is -2.40. The number of ether oxygens (including phenoxy) is 1. The van der Waals surface area contributed by atoms with E-state index in [-0.39, 0.29) is 5.76 Å². The maximum Gasteiger partial charge on any atom is 0.333 e. The van der Waals surface area contributed by atoms with Crippen LogP contribution in [-0.4, -0.2) is 44.5 Å². The van der Waals surface area contributed by atoms with Crippen LogP contribution in [0.4, 0.5) is 0 Å². The Balaban J connectivity index is 2.73. The molecule has 0 radical (unpaired) electrons. The Kier molecular flexibility index (Phi) is 3.34. The first-order chi connectivity index (χ1) is 6.29. The van der Waals surface area contributed by atoms with E-state index >= 15 is 0 Å². The van der Waals surface area contributed by atoms with E-state index in [4.69, 9.17) is 14.5 Å². The van der Waals surface area contributed by atoms with Gasteiger partial charge in [0, 0.05) is 0 Å². The van der Waals surface area contributed by atoms with Crippen molar-refractivity contribution in [2.75, 3.05) is 6.16 Å². The van der Waals surface area contributed by atoms with Gasteiger partial charge in [0.1, 0.15) is 30.2 Å². The third kappa shape index (κ3) is 3.08. The third-order valence-corrected chi connectivity index (χ3v) is 2.61. The lowest BCUT2D eigenvalue weighted by molar-refractivity contribution is -0.0641. The Morgan fingerprint density at radius 3 is 2.50 bits per heavy atom. The van der Waals surface area contributed by atoms with Crippen LogP contribution >= 0.6 is 7.60 Å². The molecule has 0 amide bonds. The van der Waals surface area contributed by atoms with E-state index in [0.717, 1.165) is 6.08 Å². The van der Waals surface area contributed by atoms with Crippen LogP contribution in [0.25, 0.3) is 0 Å². The second-order valence-electron chi connectivity index (χ2n) is 3.26. The first-order valence-electron chi connectivity index (χ1n) is 4.07. The molecule has 1 aliphatic heterocycles. The molecule has 0 unspecified atom stereocenters. The van der Waals surface area contributed by atoms with E-state index in [2.05, 4.69) is 0 Å². The quantitative estimate of drug-likeness (QED) is 0.457. The number of aliphatic hydroxyl groups is 2. The van der Waals surface area contributed by atoms with Crippen LogP contribution in [0.15, 0.2) is 11.8 Å². The van der Waals surface area contributed by atoms with Gasteiger partial charge in [0.25, 0.3) is 0 Å². The first kappa shape index (κ1) is 11.7. The minimum absolute atomic E-state index is 0.0173. The molecule has 0 spiro atoms. The fraction of sp³-hybridized carbons (Fsp3) is 0.714. The Morgan fingerprint density at radius 1 is 1.50 bits per heavy atom. The molecule has 0 aromatic carbocycles. The smallest absolute Gasteiger partial charge is 0.333 e. The van der Waals surface area contributed by atoms with Crippen molar-refractivity contribution in [3.8, 4) is 0 Å². The van der Waals surface area contributed by atoms with Gasteiger partial charge >= 0.3 is 7.60 Å². The van der Waals surface area contributed by atoms with Gasteiger partial charge in [-0.25, -0.2) is 0 Å². The van der Waals surface area contributed by atoms with Crippen LogP contribution in [0.3, 0.4) is 0 Å². The van der Waals surface area contributed by atoms with E-state index in [1.165, 1.54) is 6.92 Å². The molecule has 1 aliphatic rings. The van der Waals surface area contributed by atoms with Crippen LogP contribution < -0.4 is 0 Å². The maximum atomic E-state index is 10.6. The number of hydrogen-bond donors (Lipinski definition) is 4. The molecule has 1 heterocycles. The number of allylic oxidation sites excluding steroid dienone is 1. The Bertz CT molecular complexity index is 282. The van der Waals surface area contributed by atoms with Crippen LogP contribution in [0.5, 0.6) is 0 Å². The molecule has 1 rings (SSSR count). The Morgan fingerprint density at radius 2 is 2.07 bits per heavy atom. The second-order valence-corrected chi connectivity index (χ2v) is 4.91. The lowest BCUT2D eigenvalue weighted by Gasteiger charge is -2.29. The van der Waals surface area contributed by atoms with Gasteiger partial charge in [-0.2, -0.15) is 0 Å². The molecule has 4 N–H and O–H groups in total. The van der Waals surface area contributed by atoms with E-state index in [9.17, 15) is 14.8 Å². The summed E-state index contributed by atoms with van der Waals surface area (Å²) in [4.78, 5) is 17.3. The molecule has 82 valence electrons. The Hall–Kier alpha value is -0.390. The molecule has 0 aliphatic carbocycles. The monoisotopic (exact) mass is 224 g/mol. The highest BCUT2D eigenvalue weighted by Gasteiger charge is 2.31. The van der Waals surface area contributed by atoms with Crippen LogP contribution in [0, 0.1) is 0 Å². The Labute approximate surface area is 81.0 Å². The topological polar surface area (TPSA) is 107 Å². The van der Waals surface area contributed by atoms with Crippen molar-refractivity contribution in [2.45, 2.75) is 25.2 Å². The minimum Gasteiger partial charge on any atom is -0.492 e. The summed E-state index contributed by atoms with van der Waals surface area (Å²) >= 11 is 0. The zero-order valence-corrected chi connectivity index (χ0v) is 8.46. The van der Waals surface area contributed by atoms with Gasteiger partial charge in [0.2, 0.25) is 0 Å².